The smallest absolute Gasteiger partial charge is 0.273 e. The minimum absolute atomic E-state index is 0.135. The van der Waals surface area contributed by atoms with Crippen molar-refractivity contribution in [3.8, 4) is 5.75 Å². The number of hydrogen-bond donors (Lipinski definition) is 1. The summed E-state index contributed by atoms with van der Waals surface area (Å²) in [6.07, 6.45) is 10.6. The molecule has 0 saturated heterocycles. The number of hydrogen-bond acceptors (Lipinski definition) is 5. The zero-order valence-electron chi connectivity index (χ0n) is 19.6. The summed E-state index contributed by atoms with van der Waals surface area (Å²) in [6.45, 7) is 0.897. The lowest BCUT2D eigenvalue weighted by Crippen LogP contribution is -2.43. The van der Waals surface area contributed by atoms with Crippen LogP contribution in [-0.4, -0.2) is 41.6 Å². The summed E-state index contributed by atoms with van der Waals surface area (Å²) in [5.41, 5.74) is 1.38. The molecule has 0 spiro atoms. The first-order valence-electron chi connectivity index (χ1n) is 12.3. The molecule has 0 bridgehead atoms. The molecule has 2 fully saturated rings. The van der Waals surface area contributed by atoms with Gasteiger partial charge in [-0.05, 0) is 49.8 Å². The molecule has 0 unspecified atom stereocenters. The van der Waals surface area contributed by atoms with E-state index in [0.717, 1.165) is 62.7 Å². The molecule has 0 atom stereocenters. The Labute approximate surface area is 195 Å². The molecule has 1 heterocycles. The molecule has 7 heteroatoms. The van der Waals surface area contributed by atoms with Gasteiger partial charge in [-0.15, -0.1) is 0 Å². The second-order valence-corrected chi connectivity index (χ2v) is 9.27. The maximum atomic E-state index is 13.3. The first-order chi connectivity index (χ1) is 16.1. The molecule has 2 aliphatic carbocycles. The number of benzene rings is 1. The van der Waals surface area contributed by atoms with Gasteiger partial charge in [0.15, 0.2) is 11.5 Å². The minimum Gasteiger partial charge on any atom is -0.497 e. The molecule has 4 rings (SSSR count). The summed E-state index contributed by atoms with van der Waals surface area (Å²) in [4.78, 5) is 27.8. The van der Waals surface area contributed by atoms with Gasteiger partial charge in [0.05, 0.1) is 13.7 Å². The van der Waals surface area contributed by atoms with Crippen LogP contribution < -0.4 is 10.1 Å². The van der Waals surface area contributed by atoms with Gasteiger partial charge in [-0.2, -0.15) is 0 Å². The van der Waals surface area contributed by atoms with E-state index >= 15 is 0 Å². The molecule has 1 aromatic carbocycles. The molecule has 2 aromatic rings. The predicted molar refractivity (Wildman–Crippen MR) is 125 cm³/mol. The molecule has 1 N–H and O–H groups in total. The summed E-state index contributed by atoms with van der Waals surface area (Å²) in [6, 6.07) is 9.73. The maximum absolute atomic E-state index is 13.3. The van der Waals surface area contributed by atoms with E-state index in [1.54, 1.807) is 13.2 Å². The normalized spacial score (nSPS) is 17.1. The van der Waals surface area contributed by atoms with Gasteiger partial charge >= 0.3 is 0 Å². The predicted octanol–water partition coefficient (Wildman–Crippen LogP) is 4.51. The second kappa shape index (κ2) is 11.3. The summed E-state index contributed by atoms with van der Waals surface area (Å²) < 4.78 is 10.7. The van der Waals surface area contributed by atoms with Gasteiger partial charge in [0.25, 0.3) is 5.91 Å². The number of ether oxygens (including phenoxy) is 1. The molecule has 2 saturated carbocycles. The Bertz CT molecular complexity index is 912. The number of aromatic nitrogens is 1. The third kappa shape index (κ3) is 6.15. The summed E-state index contributed by atoms with van der Waals surface area (Å²) in [5, 5.41) is 6.88. The monoisotopic (exact) mass is 453 g/mol. The maximum Gasteiger partial charge on any atom is 0.273 e. The van der Waals surface area contributed by atoms with Crippen molar-refractivity contribution in [1.29, 1.82) is 0 Å². The molecule has 2 amide bonds. The van der Waals surface area contributed by atoms with E-state index in [2.05, 4.69) is 10.5 Å². The lowest BCUT2D eigenvalue weighted by Gasteiger charge is -2.35. The fraction of sp³-hybridized carbons (Fsp3) is 0.577. The summed E-state index contributed by atoms with van der Waals surface area (Å²) >= 11 is 0. The van der Waals surface area contributed by atoms with Crippen LogP contribution in [-0.2, 0) is 17.8 Å². The standard InChI is InChI=1S/C26H35N3O4/c1-32-22-13-11-19(12-14-22)15-16-27-25(30)24-17-23(33-28-24)18-29(21-9-3-2-4-10-21)26(31)20-7-5-6-8-20/h11-14,17,20-21H,2-10,15-16,18H2,1H3,(H,27,30). The quantitative estimate of drug-likeness (QED) is 0.604. The first-order valence-corrected chi connectivity index (χ1v) is 12.3. The van der Waals surface area contributed by atoms with Gasteiger partial charge in [0.2, 0.25) is 5.91 Å². The van der Waals surface area contributed by atoms with Gasteiger partial charge in [0, 0.05) is 24.6 Å². The third-order valence-corrected chi connectivity index (χ3v) is 6.98. The molecule has 0 radical (unpaired) electrons. The zero-order chi connectivity index (χ0) is 23.0. The highest BCUT2D eigenvalue weighted by Gasteiger charge is 2.33. The van der Waals surface area contributed by atoms with E-state index in [4.69, 9.17) is 9.26 Å². The van der Waals surface area contributed by atoms with Crippen molar-refractivity contribution < 1.29 is 18.8 Å². The van der Waals surface area contributed by atoms with Crippen LogP contribution in [0.25, 0.3) is 0 Å². The van der Waals surface area contributed by atoms with Crippen LogP contribution in [0.4, 0.5) is 0 Å². The van der Waals surface area contributed by atoms with E-state index in [0.29, 0.717) is 25.3 Å². The van der Waals surface area contributed by atoms with E-state index in [1.165, 1.54) is 6.42 Å². The van der Waals surface area contributed by atoms with Crippen molar-refractivity contribution in [3.05, 3.63) is 47.3 Å². The number of nitrogens with one attached hydrogen (secondary N) is 1. The van der Waals surface area contributed by atoms with E-state index < -0.39 is 0 Å². The highest BCUT2D eigenvalue weighted by Crippen LogP contribution is 2.31. The molecule has 0 aliphatic heterocycles. The SMILES string of the molecule is COc1ccc(CCNC(=O)c2cc(CN(C(=O)C3CCCC3)C3CCCCC3)on2)cc1. The van der Waals surface area contributed by atoms with Gasteiger partial charge in [-0.3, -0.25) is 9.59 Å². The van der Waals surface area contributed by atoms with Crippen LogP contribution in [0, 0.1) is 5.92 Å². The molecular formula is C26H35N3O4. The number of amides is 2. The molecular weight excluding hydrogens is 418 g/mol. The van der Waals surface area contributed by atoms with Crippen molar-refractivity contribution in [3.63, 3.8) is 0 Å². The number of carbonyl (C=O) groups excluding carboxylic acids is 2. The lowest BCUT2D eigenvalue weighted by atomic mass is 9.92. The van der Waals surface area contributed by atoms with Crippen LogP contribution in [0.5, 0.6) is 5.75 Å². The van der Waals surface area contributed by atoms with Gasteiger partial charge in [-0.1, -0.05) is 49.4 Å². The highest BCUT2D eigenvalue weighted by atomic mass is 16.5. The van der Waals surface area contributed by atoms with Gasteiger partial charge < -0.3 is 19.5 Å². The van der Waals surface area contributed by atoms with Gasteiger partial charge in [0.1, 0.15) is 5.75 Å². The molecule has 1 aromatic heterocycles. The average Bonchev–Trinajstić information content (AvgIpc) is 3.56. The van der Waals surface area contributed by atoms with Crippen molar-refractivity contribution in [2.45, 2.75) is 76.8 Å². The van der Waals surface area contributed by atoms with Crippen LogP contribution in [0.3, 0.4) is 0 Å². The molecule has 7 nitrogen and oxygen atoms in total. The van der Waals surface area contributed by atoms with E-state index in [-0.39, 0.29) is 29.5 Å². The summed E-state index contributed by atoms with van der Waals surface area (Å²) in [5.74, 6) is 1.51. The van der Waals surface area contributed by atoms with Crippen molar-refractivity contribution >= 4 is 11.8 Å². The Morgan fingerprint density at radius 3 is 2.45 bits per heavy atom. The van der Waals surface area contributed by atoms with Crippen molar-refractivity contribution in [1.82, 2.24) is 15.4 Å². The fourth-order valence-corrected chi connectivity index (χ4v) is 5.05. The Hall–Kier alpha value is -2.83. The van der Waals surface area contributed by atoms with Crippen molar-refractivity contribution in [2.75, 3.05) is 13.7 Å². The number of nitrogens with zero attached hydrogens (tertiary/aromatic N) is 2. The Balaban J connectivity index is 1.33. The minimum atomic E-state index is -0.259. The number of methoxy groups -OCH3 is 1. The summed E-state index contributed by atoms with van der Waals surface area (Å²) in [7, 11) is 1.64. The Morgan fingerprint density at radius 2 is 1.76 bits per heavy atom. The van der Waals surface area contributed by atoms with Crippen LogP contribution >= 0.6 is 0 Å². The van der Waals surface area contributed by atoms with E-state index in [1.807, 2.05) is 29.2 Å². The Morgan fingerprint density at radius 1 is 1.06 bits per heavy atom. The number of carbonyl (C=O) groups is 2. The zero-order valence-corrected chi connectivity index (χ0v) is 19.6. The first kappa shape index (κ1) is 23.3. The third-order valence-electron chi connectivity index (χ3n) is 6.98. The average molecular weight is 454 g/mol. The Kier molecular flexibility index (Phi) is 8.02. The second-order valence-electron chi connectivity index (χ2n) is 9.27. The number of rotatable bonds is 9. The molecule has 178 valence electrons. The fourth-order valence-electron chi connectivity index (χ4n) is 5.05. The topological polar surface area (TPSA) is 84.7 Å². The van der Waals surface area contributed by atoms with Crippen LogP contribution in [0.2, 0.25) is 0 Å². The van der Waals surface area contributed by atoms with Gasteiger partial charge in [-0.25, -0.2) is 0 Å². The van der Waals surface area contributed by atoms with Crippen molar-refractivity contribution in [2.24, 2.45) is 5.92 Å². The molecule has 2 aliphatic rings. The highest BCUT2D eigenvalue weighted by molar-refractivity contribution is 5.92. The van der Waals surface area contributed by atoms with E-state index in [9.17, 15) is 9.59 Å². The lowest BCUT2D eigenvalue weighted by molar-refractivity contribution is -0.139. The van der Waals surface area contributed by atoms with Crippen LogP contribution in [0.1, 0.15) is 79.6 Å². The largest absolute Gasteiger partial charge is 0.497 e. The molecule has 33 heavy (non-hydrogen) atoms. The van der Waals surface area contributed by atoms with Crippen LogP contribution in [0.15, 0.2) is 34.9 Å².